The Morgan fingerprint density at radius 1 is 1.56 bits per heavy atom. The second-order valence-electron chi connectivity index (χ2n) is 3.45. The van der Waals surface area contributed by atoms with E-state index in [-0.39, 0.29) is 6.61 Å². The summed E-state index contributed by atoms with van der Waals surface area (Å²) in [5, 5.41) is 14.9. The smallest absolute Gasteiger partial charge is 0.237 e. The summed E-state index contributed by atoms with van der Waals surface area (Å²) in [5.74, 6) is 0.539. The maximum absolute atomic E-state index is 8.94. The number of ether oxygens (including phenoxy) is 1. The normalized spacial score (nSPS) is 10.4. The molecule has 0 aromatic carbocycles. The third-order valence-electron chi connectivity index (χ3n) is 2.20. The lowest BCUT2D eigenvalue weighted by Crippen LogP contribution is -2.02. The Balaban J connectivity index is 2.07. The number of nitrogens with zero attached hydrogens (tertiary/aromatic N) is 2. The van der Waals surface area contributed by atoms with Crippen molar-refractivity contribution >= 4 is 33.0 Å². The Kier molecular flexibility index (Phi) is 4.51. The lowest BCUT2D eigenvalue weighted by molar-refractivity contribution is 0.277. The van der Waals surface area contributed by atoms with Gasteiger partial charge in [0.1, 0.15) is 5.01 Å². The predicted octanol–water partition coefficient (Wildman–Crippen LogP) is 2.41. The van der Waals surface area contributed by atoms with Crippen LogP contribution in [0.5, 0.6) is 5.88 Å². The number of anilines is 1. The first-order valence-corrected chi connectivity index (χ1v) is 6.87. The first-order valence-electron chi connectivity index (χ1n) is 5.20. The summed E-state index contributed by atoms with van der Waals surface area (Å²) in [6, 6.07) is 1.90. The molecule has 2 aromatic heterocycles. The van der Waals surface area contributed by atoms with Crippen molar-refractivity contribution in [3.05, 3.63) is 32.8 Å². The molecule has 0 fully saturated rings. The summed E-state index contributed by atoms with van der Waals surface area (Å²) >= 11 is 4.87. The Morgan fingerprint density at radius 3 is 3.06 bits per heavy atom. The van der Waals surface area contributed by atoms with Gasteiger partial charge in [0, 0.05) is 16.0 Å². The molecule has 0 atom stereocenters. The number of aliphatic hydroxyl groups excluding tert-OH is 1. The van der Waals surface area contributed by atoms with Gasteiger partial charge in [-0.05, 0) is 22.0 Å². The van der Waals surface area contributed by atoms with Gasteiger partial charge >= 0.3 is 0 Å². The van der Waals surface area contributed by atoms with Crippen LogP contribution in [0.25, 0.3) is 0 Å². The van der Waals surface area contributed by atoms with E-state index in [0.29, 0.717) is 18.1 Å². The SMILES string of the molecule is COc1ncc(Br)cc1NCc1nc(CO)cs1. The van der Waals surface area contributed by atoms with Crippen molar-refractivity contribution in [1.29, 1.82) is 0 Å². The Labute approximate surface area is 117 Å². The minimum atomic E-state index is -0.0295. The second-order valence-corrected chi connectivity index (χ2v) is 5.31. The molecule has 0 amide bonds. The van der Waals surface area contributed by atoms with Crippen molar-refractivity contribution in [3.8, 4) is 5.88 Å². The highest BCUT2D eigenvalue weighted by Gasteiger charge is 2.06. The van der Waals surface area contributed by atoms with Crippen LogP contribution in [0.1, 0.15) is 10.7 Å². The van der Waals surface area contributed by atoms with Gasteiger partial charge in [0.15, 0.2) is 0 Å². The topological polar surface area (TPSA) is 67.3 Å². The number of aromatic nitrogens is 2. The summed E-state index contributed by atoms with van der Waals surface area (Å²) in [5.41, 5.74) is 1.49. The van der Waals surface area contributed by atoms with Gasteiger partial charge in [-0.25, -0.2) is 9.97 Å². The minimum Gasteiger partial charge on any atom is -0.480 e. The average molecular weight is 330 g/mol. The number of rotatable bonds is 5. The predicted molar refractivity (Wildman–Crippen MR) is 73.9 cm³/mol. The summed E-state index contributed by atoms with van der Waals surface area (Å²) in [6.07, 6.45) is 1.68. The maximum atomic E-state index is 8.94. The molecule has 2 N–H and O–H groups in total. The molecule has 0 spiro atoms. The van der Waals surface area contributed by atoms with E-state index in [1.165, 1.54) is 11.3 Å². The number of pyridine rings is 1. The molecule has 2 heterocycles. The molecule has 18 heavy (non-hydrogen) atoms. The molecular weight excluding hydrogens is 318 g/mol. The van der Waals surface area contributed by atoms with Crippen molar-refractivity contribution in [2.45, 2.75) is 13.2 Å². The molecule has 0 bridgehead atoms. The largest absolute Gasteiger partial charge is 0.480 e. The fraction of sp³-hybridized carbons (Fsp3) is 0.273. The van der Waals surface area contributed by atoms with E-state index in [1.807, 2.05) is 11.4 Å². The number of halogens is 1. The van der Waals surface area contributed by atoms with E-state index >= 15 is 0 Å². The number of thiazole rings is 1. The average Bonchev–Trinajstić information content (AvgIpc) is 2.84. The highest BCUT2D eigenvalue weighted by molar-refractivity contribution is 9.10. The van der Waals surface area contributed by atoms with Gasteiger partial charge in [0.05, 0.1) is 31.6 Å². The number of aliphatic hydroxyl groups is 1. The van der Waals surface area contributed by atoms with Crippen LogP contribution in [0.4, 0.5) is 5.69 Å². The highest BCUT2D eigenvalue weighted by atomic mass is 79.9. The molecule has 0 saturated carbocycles. The molecule has 0 aliphatic rings. The van der Waals surface area contributed by atoms with E-state index in [0.717, 1.165) is 15.2 Å². The van der Waals surface area contributed by atoms with Crippen LogP contribution >= 0.6 is 27.3 Å². The molecule has 5 nitrogen and oxygen atoms in total. The quantitative estimate of drug-likeness (QED) is 0.881. The summed E-state index contributed by atoms with van der Waals surface area (Å²) < 4.78 is 6.04. The molecule has 0 radical (unpaired) electrons. The van der Waals surface area contributed by atoms with Gasteiger partial charge in [0.2, 0.25) is 5.88 Å². The van der Waals surface area contributed by atoms with Crippen LogP contribution in [-0.4, -0.2) is 22.2 Å². The minimum absolute atomic E-state index is 0.0295. The number of hydrogen-bond donors (Lipinski definition) is 2. The molecule has 0 aliphatic heterocycles. The number of nitrogens with one attached hydrogen (secondary N) is 1. The van der Waals surface area contributed by atoms with E-state index in [1.54, 1.807) is 13.3 Å². The van der Waals surface area contributed by atoms with Gasteiger partial charge in [0.25, 0.3) is 0 Å². The zero-order chi connectivity index (χ0) is 13.0. The highest BCUT2D eigenvalue weighted by Crippen LogP contribution is 2.25. The Hall–Kier alpha value is -1.18. The molecule has 2 aromatic rings. The van der Waals surface area contributed by atoms with Crippen molar-refractivity contribution in [2.24, 2.45) is 0 Å². The Morgan fingerprint density at radius 2 is 2.39 bits per heavy atom. The standard InChI is InChI=1S/C11H12BrN3O2S/c1-17-11-9(2-7(12)3-14-11)13-4-10-15-8(5-16)6-18-10/h2-3,6,13,16H,4-5H2,1H3. The van der Waals surface area contributed by atoms with Gasteiger partial charge in [-0.15, -0.1) is 11.3 Å². The van der Waals surface area contributed by atoms with E-state index in [9.17, 15) is 0 Å². The molecule has 0 aliphatic carbocycles. The van der Waals surface area contributed by atoms with E-state index < -0.39 is 0 Å². The molecule has 2 rings (SSSR count). The van der Waals surface area contributed by atoms with Crippen LogP contribution in [0.2, 0.25) is 0 Å². The van der Waals surface area contributed by atoms with Crippen molar-refractivity contribution in [2.75, 3.05) is 12.4 Å². The van der Waals surface area contributed by atoms with Crippen LogP contribution in [0.15, 0.2) is 22.1 Å². The fourth-order valence-corrected chi connectivity index (χ4v) is 2.45. The van der Waals surface area contributed by atoms with Gasteiger partial charge < -0.3 is 15.2 Å². The summed E-state index contributed by atoms with van der Waals surface area (Å²) in [7, 11) is 1.58. The first kappa shape index (κ1) is 13.3. The van der Waals surface area contributed by atoms with Crippen molar-refractivity contribution in [1.82, 2.24) is 9.97 Å². The molecule has 0 unspecified atom stereocenters. The number of methoxy groups -OCH3 is 1. The second kappa shape index (κ2) is 6.12. The zero-order valence-corrected chi connectivity index (χ0v) is 12.1. The van der Waals surface area contributed by atoms with Crippen LogP contribution < -0.4 is 10.1 Å². The lowest BCUT2D eigenvalue weighted by Gasteiger charge is -2.09. The maximum Gasteiger partial charge on any atom is 0.237 e. The van der Waals surface area contributed by atoms with Crippen LogP contribution in [-0.2, 0) is 13.2 Å². The zero-order valence-electron chi connectivity index (χ0n) is 9.68. The van der Waals surface area contributed by atoms with Crippen molar-refractivity contribution in [3.63, 3.8) is 0 Å². The van der Waals surface area contributed by atoms with Gasteiger partial charge in [-0.3, -0.25) is 0 Å². The summed E-state index contributed by atoms with van der Waals surface area (Å²) in [6.45, 7) is 0.539. The molecule has 7 heteroatoms. The molecular formula is C11H12BrN3O2S. The lowest BCUT2D eigenvalue weighted by atomic mass is 10.4. The monoisotopic (exact) mass is 329 g/mol. The van der Waals surface area contributed by atoms with E-state index in [4.69, 9.17) is 9.84 Å². The van der Waals surface area contributed by atoms with Crippen molar-refractivity contribution < 1.29 is 9.84 Å². The van der Waals surface area contributed by atoms with E-state index in [2.05, 4.69) is 31.2 Å². The molecule has 96 valence electrons. The van der Waals surface area contributed by atoms with Crippen LogP contribution in [0, 0.1) is 0 Å². The first-order chi connectivity index (χ1) is 8.72. The van der Waals surface area contributed by atoms with Gasteiger partial charge in [-0.1, -0.05) is 0 Å². The third-order valence-corrected chi connectivity index (χ3v) is 3.53. The third kappa shape index (κ3) is 3.18. The van der Waals surface area contributed by atoms with Crippen LogP contribution in [0.3, 0.4) is 0 Å². The number of hydrogen-bond acceptors (Lipinski definition) is 6. The fourth-order valence-electron chi connectivity index (χ4n) is 1.39. The molecule has 0 saturated heterocycles. The Bertz CT molecular complexity index is 533. The summed E-state index contributed by atoms with van der Waals surface area (Å²) in [4.78, 5) is 8.40. The van der Waals surface area contributed by atoms with Gasteiger partial charge in [-0.2, -0.15) is 0 Å².